The molecule has 0 radical (unpaired) electrons. The smallest absolute Gasteiger partial charge is 0.338 e. The Hall–Kier alpha value is -5.83. The van der Waals surface area contributed by atoms with Crippen molar-refractivity contribution >= 4 is 17.9 Å². The molecule has 0 amide bonds. The maximum absolute atomic E-state index is 13.5. The molecule has 1 heterocycles. The van der Waals surface area contributed by atoms with E-state index < -0.39 is 35.7 Å². The fourth-order valence-corrected chi connectivity index (χ4v) is 10.4. The molecule has 0 unspecified atom stereocenters. The number of aromatic nitrogens is 2. The first kappa shape index (κ1) is 42.8. The van der Waals surface area contributed by atoms with E-state index in [4.69, 9.17) is 23.7 Å². The number of fused-ring (bicyclic) bond motifs is 1. The molecule has 0 spiro atoms. The van der Waals surface area contributed by atoms with Crippen molar-refractivity contribution in [3.63, 3.8) is 0 Å². The minimum atomic E-state index is -0.640. The van der Waals surface area contributed by atoms with E-state index in [0.717, 1.165) is 68.9 Å². The molecule has 9 heteroatoms. The lowest BCUT2D eigenvalue weighted by Crippen LogP contribution is -2.36. The first-order valence-corrected chi connectivity index (χ1v) is 22.5. The summed E-state index contributed by atoms with van der Waals surface area (Å²) in [5, 5.41) is 4.25. The average molecular weight is 835 g/mol. The molecule has 0 N–H and O–H groups in total. The van der Waals surface area contributed by atoms with Gasteiger partial charge in [0.15, 0.2) is 5.82 Å². The van der Waals surface area contributed by atoms with Crippen LogP contribution in [0.5, 0.6) is 0 Å². The van der Waals surface area contributed by atoms with Crippen LogP contribution in [0.2, 0.25) is 0 Å². The highest BCUT2D eigenvalue weighted by atomic mass is 16.6. The highest BCUT2D eigenvalue weighted by Gasteiger charge is 2.57. The van der Waals surface area contributed by atoms with Crippen molar-refractivity contribution in [2.45, 2.75) is 115 Å². The lowest BCUT2D eigenvalue weighted by atomic mass is 9.61. The minimum absolute atomic E-state index is 0.0758. The van der Waals surface area contributed by atoms with Gasteiger partial charge in [-0.05, 0) is 128 Å². The predicted octanol–water partition coefficient (Wildman–Crippen LogP) is 11.3. The van der Waals surface area contributed by atoms with Crippen LogP contribution >= 0.6 is 0 Å². The number of esters is 3. The molecule has 3 aromatic carbocycles. The van der Waals surface area contributed by atoms with E-state index in [1.807, 2.05) is 42.5 Å². The van der Waals surface area contributed by atoms with Gasteiger partial charge in [-0.2, -0.15) is 4.98 Å². The quantitative estimate of drug-likeness (QED) is 0.0695. The van der Waals surface area contributed by atoms with Crippen molar-refractivity contribution in [3.05, 3.63) is 167 Å². The van der Waals surface area contributed by atoms with Gasteiger partial charge < -0.3 is 18.7 Å². The molecule has 7 atom stereocenters. The zero-order valence-corrected chi connectivity index (χ0v) is 36.2. The topological polar surface area (TPSA) is 118 Å². The third kappa shape index (κ3) is 9.18. The average Bonchev–Trinajstić information content (AvgIpc) is 3.82. The number of nitrogens with zero attached hydrogens (tertiary/aromatic N) is 2. The lowest BCUT2D eigenvalue weighted by molar-refractivity contribution is 0.00211. The van der Waals surface area contributed by atoms with Crippen molar-refractivity contribution in [1.29, 1.82) is 0 Å². The summed E-state index contributed by atoms with van der Waals surface area (Å²) < 4.78 is 24.3. The Bertz CT molecular complexity index is 2330. The van der Waals surface area contributed by atoms with Crippen LogP contribution < -0.4 is 0 Å². The van der Waals surface area contributed by atoms with Crippen LogP contribution in [0.4, 0.5) is 0 Å². The molecule has 62 heavy (non-hydrogen) atoms. The number of carbonyl (C=O) groups excluding carboxylic acids is 3. The maximum atomic E-state index is 13.5. The van der Waals surface area contributed by atoms with Gasteiger partial charge in [-0.25, -0.2) is 14.4 Å². The van der Waals surface area contributed by atoms with Gasteiger partial charge in [-0.3, -0.25) is 0 Å². The van der Waals surface area contributed by atoms with Crippen molar-refractivity contribution in [2.24, 2.45) is 23.2 Å². The Morgan fingerprint density at radius 1 is 0.839 bits per heavy atom. The van der Waals surface area contributed by atoms with E-state index in [0.29, 0.717) is 53.1 Å². The van der Waals surface area contributed by atoms with Crippen LogP contribution in [0.1, 0.15) is 128 Å². The Labute approximate surface area is 365 Å². The van der Waals surface area contributed by atoms with E-state index in [1.54, 1.807) is 48.5 Å². The number of ether oxygens (including phenoxy) is 3. The summed E-state index contributed by atoms with van der Waals surface area (Å²) in [6.07, 6.45) is 16.6. The van der Waals surface area contributed by atoms with Crippen molar-refractivity contribution in [2.75, 3.05) is 0 Å². The molecule has 4 aliphatic rings. The molecular weight excluding hydrogens is 777 g/mol. The van der Waals surface area contributed by atoms with Crippen LogP contribution in [0, 0.1) is 23.2 Å². The van der Waals surface area contributed by atoms with Crippen molar-refractivity contribution in [1.82, 2.24) is 10.1 Å². The maximum Gasteiger partial charge on any atom is 0.338 e. The number of hydrogen-bond donors (Lipinski definition) is 0. The first-order valence-electron chi connectivity index (χ1n) is 22.5. The van der Waals surface area contributed by atoms with Gasteiger partial charge in [0.2, 0.25) is 5.89 Å². The first-order chi connectivity index (χ1) is 30.1. The molecule has 4 aliphatic carbocycles. The summed E-state index contributed by atoms with van der Waals surface area (Å²) in [6.45, 7) is 11.3. The number of rotatable bonds is 14. The molecule has 322 valence electrons. The molecular formula is C53H58N2O7. The zero-order valence-electron chi connectivity index (χ0n) is 36.2. The Morgan fingerprint density at radius 3 is 2.10 bits per heavy atom. The Kier molecular flexibility index (Phi) is 12.9. The van der Waals surface area contributed by atoms with Crippen LogP contribution in [-0.4, -0.2) is 46.4 Å². The van der Waals surface area contributed by atoms with Gasteiger partial charge in [0, 0.05) is 19.3 Å². The summed E-state index contributed by atoms with van der Waals surface area (Å²) in [4.78, 5) is 44.7. The fraction of sp³-hybridized carbons (Fsp3) is 0.415. The fourth-order valence-electron chi connectivity index (χ4n) is 10.4. The Balaban J connectivity index is 1.01. The highest BCUT2D eigenvalue weighted by Crippen LogP contribution is 2.60. The van der Waals surface area contributed by atoms with Gasteiger partial charge in [-0.1, -0.05) is 111 Å². The lowest BCUT2D eigenvalue weighted by Gasteiger charge is -2.44. The Morgan fingerprint density at radius 2 is 1.47 bits per heavy atom. The molecule has 9 nitrogen and oxygen atoms in total. The van der Waals surface area contributed by atoms with Crippen LogP contribution in [-0.2, 0) is 26.0 Å². The van der Waals surface area contributed by atoms with Crippen molar-refractivity contribution in [3.8, 4) is 0 Å². The number of carbonyl (C=O) groups is 3. The van der Waals surface area contributed by atoms with Gasteiger partial charge in [0.25, 0.3) is 0 Å². The monoisotopic (exact) mass is 834 g/mol. The third-order valence-electron chi connectivity index (χ3n) is 14.0. The van der Waals surface area contributed by atoms with Crippen molar-refractivity contribution < 1.29 is 33.1 Å². The van der Waals surface area contributed by atoms with E-state index in [-0.39, 0.29) is 17.3 Å². The van der Waals surface area contributed by atoms with E-state index in [9.17, 15) is 14.4 Å². The summed E-state index contributed by atoms with van der Waals surface area (Å²) in [5.74, 6) is 1.10. The molecule has 1 aromatic heterocycles. The SMILES string of the molecule is C=C1C(=CC=C2CCC[C@]3(C)[C@@H]([C@H](C)C=C[C@@H](OC(=O)c4ccccc4)C4(c5nc(CCC)no5)CC4)CC[C@@H]23)C[C@@H](OC(=O)c2ccccc2)C[C@@H]1OC(=O)c1ccccc1. The molecule has 0 aliphatic heterocycles. The van der Waals surface area contributed by atoms with Gasteiger partial charge in [0.1, 0.15) is 18.3 Å². The van der Waals surface area contributed by atoms with Gasteiger partial charge in [0.05, 0.1) is 22.1 Å². The normalized spacial score (nSPS) is 26.5. The van der Waals surface area contributed by atoms with Crippen LogP contribution in [0.15, 0.2) is 143 Å². The predicted molar refractivity (Wildman–Crippen MR) is 237 cm³/mol. The number of hydrogen-bond acceptors (Lipinski definition) is 9. The second kappa shape index (κ2) is 18.6. The largest absolute Gasteiger partial charge is 0.458 e. The van der Waals surface area contributed by atoms with E-state index in [1.165, 1.54) is 5.57 Å². The number of allylic oxidation sites excluding steroid dienone is 4. The van der Waals surface area contributed by atoms with E-state index in [2.05, 4.69) is 56.8 Å². The van der Waals surface area contributed by atoms with Gasteiger partial charge in [-0.15, -0.1) is 0 Å². The summed E-state index contributed by atoms with van der Waals surface area (Å²) >= 11 is 0. The molecule has 8 rings (SSSR count). The molecule has 0 bridgehead atoms. The summed E-state index contributed by atoms with van der Waals surface area (Å²) in [7, 11) is 0. The molecule has 0 saturated heterocycles. The minimum Gasteiger partial charge on any atom is -0.458 e. The molecule has 4 fully saturated rings. The number of benzene rings is 3. The third-order valence-corrected chi connectivity index (χ3v) is 14.0. The van der Waals surface area contributed by atoms with E-state index >= 15 is 0 Å². The molecule has 4 aromatic rings. The van der Waals surface area contributed by atoms with Crippen LogP contribution in [0.3, 0.4) is 0 Å². The zero-order chi connectivity index (χ0) is 43.3. The molecule has 4 saturated carbocycles. The summed E-state index contributed by atoms with van der Waals surface area (Å²) in [5.41, 5.74) is 4.07. The van der Waals surface area contributed by atoms with Gasteiger partial charge >= 0.3 is 17.9 Å². The second-order valence-corrected chi connectivity index (χ2v) is 18.0. The van der Waals surface area contributed by atoms with Crippen LogP contribution in [0.25, 0.3) is 0 Å². The summed E-state index contributed by atoms with van der Waals surface area (Å²) in [6, 6.07) is 27.1. The number of aryl methyl sites for hydroxylation is 1. The standard InChI is InChI=1S/C53H58N2O7/c1-5-16-47-54-51(62-55-47)53(31-32-53)46(61-50(58)40-21-13-8-14-22-40)29-24-35(2)43-27-28-44-37(23-15-30-52(43,44)4)25-26-41-33-42(59-48(56)38-17-9-6-10-18-38)34-45(36(41)3)60-49(57)39-19-11-7-12-20-39/h6-14,17-22,24-26,29,35,42-46H,3,5,15-16,23,27-28,30-34H2,1-2,4H3/t35-,42-,43-,44+,45+,46-,52-/m1/s1. The highest BCUT2D eigenvalue weighted by molar-refractivity contribution is 5.90. The second-order valence-electron chi connectivity index (χ2n) is 18.0.